The number of esters is 3. The lowest BCUT2D eigenvalue weighted by atomic mass is 9.36. The third-order valence-electron chi connectivity index (χ3n) is 11.6. The smallest absolute Gasteiger partial charge is 0.308 e. The summed E-state index contributed by atoms with van der Waals surface area (Å²) in [7, 11) is 1.30. The van der Waals surface area contributed by atoms with Gasteiger partial charge in [0.05, 0.1) is 32.0 Å². The van der Waals surface area contributed by atoms with E-state index in [0.717, 1.165) is 5.56 Å². The van der Waals surface area contributed by atoms with Gasteiger partial charge in [0, 0.05) is 40.1 Å². The van der Waals surface area contributed by atoms with Gasteiger partial charge in [-0.15, -0.1) is 0 Å². The number of carbonyl (C=O) groups is 4. The number of ether oxygens (including phenoxy) is 4. The minimum atomic E-state index is -2.17. The highest BCUT2D eigenvalue weighted by atomic mass is 16.6. The molecule has 3 aliphatic carbocycles. The topological polar surface area (TPSA) is 142 Å². The molecule has 0 radical (unpaired) electrons. The molecule has 6 rings (SSSR count). The molecule has 3 saturated carbocycles. The molecule has 0 unspecified atom stereocenters. The average molecular weight is 573 g/mol. The van der Waals surface area contributed by atoms with E-state index in [0.29, 0.717) is 12.8 Å². The highest BCUT2D eigenvalue weighted by molar-refractivity contribution is 5.99. The molecule has 1 N–H and O–H groups in total. The molecule has 1 aromatic heterocycles. The second-order valence-corrected chi connectivity index (χ2v) is 14.2. The number of fused-ring (bicyclic) bond motifs is 5. The van der Waals surface area contributed by atoms with Gasteiger partial charge in [-0.1, -0.05) is 41.5 Å². The first-order chi connectivity index (χ1) is 19.1. The van der Waals surface area contributed by atoms with Crippen molar-refractivity contribution < 1.29 is 47.6 Å². The standard InChI is InChI=1S/C31H40O10/c1-15(2)23(34)40-25-27(3,4)18(12-20(32)37-7)29(6)17-8-10-28(5)19(31(17)26(41-31)30(25,36)24(29)35)13-21(33)39-22(28)16-9-11-38-14-16/h9,11,14-15,17-19,22,25-26,36H,8,10,12-13H2,1-7H3/t17-,18+,19-,22+,25+,26-,28-,29-,30+,31-/m1/s1. The number of rotatable bonds is 5. The maximum atomic E-state index is 14.6. The van der Waals surface area contributed by atoms with Gasteiger partial charge < -0.3 is 28.5 Å². The molecule has 5 aliphatic rings. The lowest BCUT2D eigenvalue weighted by molar-refractivity contribution is -0.252. The monoisotopic (exact) mass is 572 g/mol. The Kier molecular flexibility index (Phi) is 6.00. The Morgan fingerprint density at radius 3 is 2.46 bits per heavy atom. The maximum absolute atomic E-state index is 14.6. The molecule has 0 aromatic carbocycles. The van der Waals surface area contributed by atoms with E-state index in [4.69, 9.17) is 23.4 Å². The van der Waals surface area contributed by atoms with Gasteiger partial charge in [-0.2, -0.15) is 0 Å². The van der Waals surface area contributed by atoms with Crippen LogP contribution < -0.4 is 0 Å². The number of cyclic esters (lactones) is 1. The van der Waals surface area contributed by atoms with Crippen molar-refractivity contribution in [2.45, 2.75) is 96.7 Å². The van der Waals surface area contributed by atoms with Crippen LogP contribution in [0, 0.1) is 39.9 Å². The van der Waals surface area contributed by atoms with E-state index >= 15 is 0 Å². The number of hydrogen-bond donors (Lipinski definition) is 1. The third kappa shape index (κ3) is 3.37. The number of Topliss-reactive ketones (excluding diaryl/α,β-unsaturated/α-hetero) is 1. The zero-order chi connectivity index (χ0) is 29.9. The summed E-state index contributed by atoms with van der Waals surface area (Å²) >= 11 is 0. The number of aliphatic hydroxyl groups is 1. The molecule has 0 amide bonds. The van der Waals surface area contributed by atoms with E-state index in [2.05, 4.69) is 6.92 Å². The van der Waals surface area contributed by atoms with Crippen molar-refractivity contribution in [2.24, 2.45) is 39.9 Å². The lowest BCUT2D eigenvalue weighted by Crippen LogP contribution is -2.80. The van der Waals surface area contributed by atoms with Crippen molar-refractivity contribution in [1.82, 2.24) is 0 Å². The van der Waals surface area contributed by atoms with E-state index in [9.17, 15) is 24.3 Å². The Morgan fingerprint density at radius 2 is 1.85 bits per heavy atom. The average Bonchev–Trinajstić information content (AvgIpc) is 3.40. The first-order valence-electron chi connectivity index (χ1n) is 14.5. The largest absolute Gasteiger partial charge is 0.472 e. The van der Waals surface area contributed by atoms with E-state index in [1.807, 2.05) is 20.8 Å². The van der Waals surface area contributed by atoms with E-state index < -0.39 is 93.1 Å². The molecule has 10 atom stereocenters. The van der Waals surface area contributed by atoms with E-state index in [1.54, 1.807) is 26.2 Å². The predicted octanol–water partition coefficient (Wildman–Crippen LogP) is 3.54. The molecular formula is C31H40O10. The van der Waals surface area contributed by atoms with E-state index in [1.165, 1.54) is 13.4 Å². The Bertz CT molecular complexity index is 1300. The minimum absolute atomic E-state index is 0.0553. The second-order valence-electron chi connectivity index (χ2n) is 14.2. The van der Waals surface area contributed by atoms with Gasteiger partial charge in [-0.25, -0.2) is 0 Å². The van der Waals surface area contributed by atoms with Crippen LogP contribution in [0.4, 0.5) is 0 Å². The number of furan rings is 1. The molecule has 10 nitrogen and oxygen atoms in total. The van der Waals surface area contributed by atoms with Crippen LogP contribution in [0.1, 0.15) is 78.9 Å². The second kappa shape index (κ2) is 8.66. The summed E-state index contributed by atoms with van der Waals surface area (Å²) in [6, 6.07) is 1.78. The molecule has 2 aliphatic heterocycles. The van der Waals surface area contributed by atoms with Crippen LogP contribution in [-0.2, 0) is 38.1 Å². The predicted molar refractivity (Wildman–Crippen MR) is 141 cm³/mol. The van der Waals surface area contributed by atoms with Gasteiger partial charge in [-0.05, 0) is 24.8 Å². The lowest BCUT2D eigenvalue weighted by Gasteiger charge is -2.66. The molecule has 10 heteroatoms. The van der Waals surface area contributed by atoms with Crippen LogP contribution in [-0.4, -0.2) is 59.3 Å². The summed E-state index contributed by atoms with van der Waals surface area (Å²) in [6.45, 7) is 10.9. The Morgan fingerprint density at radius 1 is 1.15 bits per heavy atom. The molecule has 3 heterocycles. The van der Waals surface area contributed by atoms with Crippen molar-refractivity contribution in [1.29, 1.82) is 0 Å². The fraction of sp³-hybridized carbons (Fsp3) is 0.742. The number of hydrogen-bond acceptors (Lipinski definition) is 10. The van der Waals surface area contributed by atoms with Gasteiger partial charge in [0.2, 0.25) is 0 Å². The van der Waals surface area contributed by atoms with Crippen molar-refractivity contribution in [3.8, 4) is 0 Å². The van der Waals surface area contributed by atoms with Crippen molar-refractivity contribution in [3.63, 3.8) is 0 Å². The molecule has 2 saturated heterocycles. The minimum Gasteiger partial charge on any atom is -0.472 e. The summed E-state index contributed by atoms with van der Waals surface area (Å²) in [4.78, 5) is 53.6. The normalized spacial score (nSPS) is 45.6. The Hall–Kier alpha value is -2.72. The third-order valence-corrected chi connectivity index (χ3v) is 11.6. The SMILES string of the molecule is COC(=O)C[C@H]1C(C)(C)[C@H](OC(=O)C(C)C)[C@@]2(O)C(=O)[C@]1(C)[C@H]1CC[C@]3(C)[C@@H](CC(=O)O[C@H]3c3ccoc3)[C@]13O[C@H]23. The first-order valence-corrected chi connectivity index (χ1v) is 14.5. The molecular weight excluding hydrogens is 532 g/mol. The van der Waals surface area contributed by atoms with Gasteiger partial charge >= 0.3 is 17.9 Å². The molecule has 5 fully saturated rings. The van der Waals surface area contributed by atoms with Crippen LogP contribution in [0.2, 0.25) is 0 Å². The van der Waals surface area contributed by atoms with Crippen LogP contribution in [0.25, 0.3) is 0 Å². The summed E-state index contributed by atoms with van der Waals surface area (Å²) < 4.78 is 28.9. The van der Waals surface area contributed by atoms with E-state index in [-0.39, 0.29) is 12.8 Å². The highest BCUT2D eigenvalue weighted by Gasteiger charge is 2.90. The number of ketones is 1. The van der Waals surface area contributed by atoms with Gasteiger partial charge in [-0.3, -0.25) is 19.2 Å². The van der Waals surface area contributed by atoms with Crippen LogP contribution in [0.15, 0.2) is 23.0 Å². The summed E-state index contributed by atoms with van der Waals surface area (Å²) in [5.41, 5.74) is -5.30. The van der Waals surface area contributed by atoms with Crippen molar-refractivity contribution in [2.75, 3.05) is 7.11 Å². The van der Waals surface area contributed by atoms with Crippen molar-refractivity contribution in [3.05, 3.63) is 24.2 Å². The first kappa shape index (κ1) is 28.4. The molecule has 41 heavy (non-hydrogen) atoms. The molecule has 2 bridgehead atoms. The van der Waals surface area contributed by atoms with Crippen molar-refractivity contribution >= 4 is 23.7 Å². The fourth-order valence-electron chi connectivity index (χ4n) is 9.68. The van der Waals surface area contributed by atoms with Crippen LogP contribution >= 0.6 is 0 Å². The summed E-state index contributed by atoms with van der Waals surface area (Å²) in [5, 5.41) is 12.6. The van der Waals surface area contributed by atoms with Crippen LogP contribution in [0.5, 0.6) is 0 Å². The number of epoxide rings is 1. The van der Waals surface area contributed by atoms with Crippen LogP contribution in [0.3, 0.4) is 0 Å². The molecule has 224 valence electrons. The van der Waals surface area contributed by atoms with Gasteiger partial charge in [0.25, 0.3) is 0 Å². The molecule has 1 spiro atoms. The zero-order valence-electron chi connectivity index (χ0n) is 24.7. The number of methoxy groups -OCH3 is 1. The summed E-state index contributed by atoms with van der Waals surface area (Å²) in [6.07, 6.45) is 1.39. The fourth-order valence-corrected chi connectivity index (χ4v) is 9.68. The quantitative estimate of drug-likeness (QED) is 0.316. The maximum Gasteiger partial charge on any atom is 0.308 e. The number of carbonyl (C=O) groups excluding carboxylic acids is 4. The zero-order valence-corrected chi connectivity index (χ0v) is 24.7. The summed E-state index contributed by atoms with van der Waals surface area (Å²) in [5.74, 6) is -3.87. The Balaban J connectivity index is 1.53. The Labute approximate surface area is 239 Å². The molecule has 1 aromatic rings. The van der Waals surface area contributed by atoms with Gasteiger partial charge in [0.15, 0.2) is 11.4 Å². The highest BCUT2D eigenvalue weighted by Crippen LogP contribution is 2.78. The van der Waals surface area contributed by atoms with Gasteiger partial charge in [0.1, 0.15) is 23.9 Å².